The van der Waals surface area contributed by atoms with Crippen molar-refractivity contribution in [2.45, 2.75) is 25.1 Å². The van der Waals surface area contributed by atoms with Gasteiger partial charge in [-0.15, -0.1) is 0 Å². The summed E-state index contributed by atoms with van der Waals surface area (Å²) in [7, 11) is 1.43. The van der Waals surface area contributed by atoms with Gasteiger partial charge in [0, 0.05) is 5.56 Å². The van der Waals surface area contributed by atoms with Crippen molar-refractivity contribution in [3.8, 4) is 5.75 Å². The zero-order chi connectivity index (χ0) is 16.4. The lowest BCUT2D eigenvalue weighted by Crippen LogP contribution is -2.51. The van der Waals surface area contributed by atoms with Gasteiger partial charge in [0.1, 0.15) is 11.5 Å². The zero-order valence-electron chi connectivity index (χ0n) is 12.1. The molecule has 0 saturated carbocycles. The number of benzene rings is 1. The Morgan fingerprint density at radius 2 is 1.95 bits per heavy atom. The number of esters is 1. The third-order valence-electron chi connectivity index (χ3n) is 3.31. The van der Waals surface area contributed by atoms with Gasteiger partial charge in [-0.2, -0.15) is 13.2 Å². The smallest absolute Gasteiger partial charge is 0.433 e. The van der Waals surface area contributed by atoms with E-state index < -0.39 is 24.2 Å². The minimum Gasteiger partial charge on any atom is -0.497 e. The van der Waals surface area contributed by atoms with Crippen molar-refractivity contribution in [1.29, 1.82) is 0 Å². The summed E-state index contributed by atoms with van der Waals surface area (Å²) in [6.45, 7) is 1.75. The number of halogens is 3. The van der Waals surface area contributed by atoms with Crippen LogP contribution in [0.1, 0.15) is 18.9 Å². The number of hydrogen-bond donors (Lipinski definition) is 0. The maximum Gasteiger partial charge on any atom is 0.433 e. The average Bonchev–Trinajstić information content (AvgIpc) is 2.41. The SMILES string of the molecule is CCOC(=O)/C=C1/CC(c2ccc(OC)cc2)(C(F)(F)F)O1. The van der Waals surface area contributed by atoms with E-state index in [0.29, 0.717) is 5.75 Å². The molecule has 1 aliphatic heterocycles. The molecule has 1 aromatic rings. The topological polar surface area (TPSA) is 44.8 Å². The molecular formula is C15H15F3O4. The van der Waals surface area contributed by atoms with Gasteiger partial charge < -0.3 is 14.2 Å². The molecule has 1 unspecified atom stereocenters. The van der Waals surface area contributed by atoms with E-state index in [1.54, 1.807) is 6.92 Å². The molecule has 7 heteroatoms. The normalized spacial score (nSPS) is 22.7. The summed E-state index contributed by atoms with van der Waals surface area (Å²) in [5, 5.41) is 0. The molecule has 0 amide bonds. The van der Waals surface area contributed by atoms with Crippen molar-refractivity contribution in [2.24, 2.45) is 0 Å². The number of ether oxygens (including phenoxy) is 3. The molecule has 1 fully saturated rings. The Bertz CT molecular complexity index is 567. The standard InChI is InChI=1S/C15H15F3O4/c1-3-21-13(19)8-12-9-14(22-12,15(16,17)18)10-4-6-11(20-2)7-5-10/h4-8H,3,9H2,1-2H3/b12-8-. The molecule has 1 atom stereocenters. The highest BCUT2D eigenvalue weighted by molar-refractivity contribution is 5.82. The second-order valence-electron chi connectivity index (χ2n) is 4.69. The van der Waals surface area contributed by atoms with Crippen molar-refractivity contribution < 1.29 is 32.2 Å². The van der Waals surface area contributed by atoms with Crippen LogP contribution in [0.2, 0.25) is 0 Å². The monoisotopic (exact) mass is 316 g/mol. The summed E-state index contributed by atoms with van der Waals surface area (Å²) < 4.78 is 54.7. The molecule has 0 bridgehead atoms. The van der Waals surface area contributed by atoms with Crippen molar-refractivity contribution in [1.82, 2.24) is 0 Å². The van der Waals surface area contributed by atoms with E-state index in [4.69, 9.17) is 9.47 Å². The van der Waals surface area contributed by atoms with Crippen LogP contribution >= 0.6 is 0 Å². The molecule has 0 spiro atoms. The second-order valence-corrected chi connectivity index (χ2v) is 4.69. The fourth-order valence-electron chi connectivity index (χ4n) is 2.20. The van der Waals surface area contributed by atoms with Gasteiger partial charge in [0.25, 0.3) is 0 Å². The van der Waals surface area contributed by atoms with Crippen LogP contribution in [0.3, 0.4) is 0 Å². The maximum absolute atomic E-state index is 13.4. The van der Waals surface area contributed by atoms with Gasteiger partial charge in [0.2, 0.25) is 5.60 Å². The van der Waals surface area contributed by atoms with Gasteiger partial charge in [0.05, 0.1) is 26.2 Å². The van der Waals surface area contributed by atoms with Crippen LogP contribution in [-0.4, -0.2) is 25.9 Å². The van der Waals surface area contributed by atoms with E-state index in [1.807, 2.05) is 0 Å². The van der Waals surface area contributed by atoms with E-state index in [2.05, 4.69) is 4.74 Å². The fraction of sp³-hybridized carbons (Fsp3) is 0.400. The summed E-state index contributed by atoms with van der Waals surface area (Å²) >= 11 is 0. The van der Waals surface area contributed by atoms with E-state index in [9.17, 15) is 18.0 Å². The Balaban J connectivity index is 2.24. The molecule has 4 nitrogen and oxygen atoms in total. The first-order valence-corrected chi connectivity index (χ1v) is 6.60. The van der Waals surface area contributed by atoms with Crippen LogP contribution < -0.4 is 4.74 Å². The lowest BCUT2D eigenvalue weighted by Gasteiger charge is -2.45. The molecule has 1 aliphatic rings. The molecule has 120 valence electrons. The molecule has 22 heavy (non-hydrogen) atoms. The van der Waals surface area contributed by atoms with Crippen molar-refractivity contribution in [3.05, 3.63) is 41.7 Å². The Morgan fingerprint density at radius 1 is 1.36 bits per heavy atom. The van der Waals surface area contributed by atoms with Gasteiger partial charge in [-0.25, -0.2) is 4.79 Å². The minimum absolute atomic E-state index is 0.0400. The molecule has 0 radical (unpaired) electrons. The number of methoxy groups -OCH3 is 1. The highest BCUT2D eigenvalue weighted by Gasteiger charge is 2.64. The lowest BCUT2D eigenvalue weighted by molar-refractivity contribution is -0.309. The van der Waals surface area contributed by atoms with Gasteiger partial charge >= 0.3 is 12.1 Å². The van der Waals surface area contributed by atoms with Gasteiger partial charge in [-0.3, -0.25) is 0 Å². The minimum atomic E-state index is -4.60. The number of hydrogen-bond acceptors (Lipinski definition) is 4. The number of alkyl halides is 3. The first-order chi connectivity index (χ1) is 10.3. The second kappa shape index (κ2) is 5.90. The Hall–Kier alpha value is -2.18. The van der Waals surface area contributed by atoms with Crippen molar-refractivity contribution >= 4 is 5.97 Å². The third-order valence-corrected chi connectivity index (χ3v) is 3.31. The van der Waals surface area contributed by atoms with E-state index in [0.717, 1.165) is 6.08 Å². The number of rotatable bonds is 4. The fourth-order valence-corrected chi connectivity index (χ4v) is 2.20. The van der Waals surface area contributed by atoms with Crippen LogP contribution in [0, 0.1) is 0 Å². The molecule has 0 aliphatic carbocycles. The Kier molecular flexibility index (Phi) is 4.35. The maximum atomic E-state index is 13.4. The Labute approximate surface area is 125 Å². The van der Waals surface area contributed by atoms with E-state index in [1.165, 1.54) is 31.4 Å². The van der Waals surface area contributed by atoms with Crippen LogP contribution in [0.15, 0.2) is 36.1 Å². The quantitative estimate of drug-likeness (QED) is 0.631. The molecule has 2 rings (SSSR count). The highest BCUT2D eigenvalue weighted by atomic mass is 19.4. The molecular weight excluding hydrogens is 301 g/mol. The molecule has 1 heterocycles. The summed E-state index contributed by atoms with van der Waals surface area (Å²) in [5.74, 6) is -0.322. The first-order valence-electron chi connectivity index (χ1n) is 6.60. The van der Waals surface area contributed by atoms with Crippen molar-refractivity contribution in [3.63, 3.8) is 0 Å². The predicted molar refractivity (Wildman–Crippen MR) is 71.1 cm³/mol. The van der Waals surface area contributed by atoms with Gasteiger partial charge in [0.15, 0.2) is 0 Å². The van der Waals surface area contributed by atoms with E-state index in [-0.39, 0.29) is 17.9 Å². The first kappa shape index (κ1) is 16.2. The van der Waals surface area contributed by atoms with E-state index >= 15 is 0 Å². The summed E-state index contributed by atoms with van der Waals surface area (Å²) in [4.78, 5) is 11.3. The summed E-state index contributed by atoms with van der Waals surface area (Å²) in [6.07, 6.45) is -4.10. The molecule has 0 aromatic heterocycles. The zero-order valence-corrected chi connectivity index (χ0v) is 12.1. The van der Waals surface area contributed by atoms with Crippen molar-refractivity contribution in [2.75, 3.05) is 13.7 Å². The van der Waals surface area contributed by atoms with Gasteiger partial charge in [-0.05, 0) is 19.1 Å². The predicted octanol–water partition coefficient (Wildman–Crippen LogP) is 3.32. The van der Waals surface area contributed by atoms with Gasteiger partial charge in [-0.1, -0.05) is 12.1 Å². The average molecular weight is 316 g/mol. The van der Waals surface area contributed by atoms with Crippen LogP contribution in [-0.2, 0) is 19.9 Å². The third kappa shape index (κ3) is 2.88. The largest absolute Gasteiger partial charge is 0.497 e. The summed E-state index contributed by atoms with van der Waals surface area (Å²) in [6, 6.07) is 5.46. The lowest BCUT2D eigenvalue weighted by atomic mass is 9.83. The molecule has 1 saturated heterocycles. The van der Waals surface area contributed by atoms with Crippen LogP contribution in [0.4, 0.5) is 13.2 Å². The molecule has 1 aromatic carbocycles. The number of carbonyl (C=O) groups excluding carboxylic acids is 1. The summed E-state index contributed by atoms with van der Waals surface area (Å²) in [5.41, 5.74) is -2.47. The Morgan fingerprint density at radius 3 is 2.41 bits per heavy atom. The molecule has 0 N–H and O–H groups in total. The van der Waals surface area contributed by atoms with Crippen LogP contribution in [0.25, 0.3) is 0 Å². The van der Waals surface area contributed by atoms with Crippen LogP contribution in [0.5, 0.6) is 5.75 Å². The highest BCUT2D eigenvalue weighted by Crippen LogP contribution is 2.54. The number of carbonyl (C=O) groups is 1.